The average molecular weight is 559 g/mol. The summed E-state index contributed by atoms with van der Waals surface area (Å²) in [6, 6.07) is 0. The van der Waals surface area contributed by atoms with Crippen LogP contribution in [0.5, 0.6) is 0 Å². The highest BCUT2D eigenvalue weighted by Gasteiger charge is 2.70. The Hall–Kier alpha value is -1.89. The van der Waals surface area contributed by atoms with Gasteiger partial charge in [0.2, 0.25) is 0 Å². The molecular formula is C33H50O7. The number of hydrogen-bond acceptors (Lipinski definition) is 7. The minimum atomic E-state index is -0.791. The lowest BCUT2D eigenvalue weighted by Gasteiger charge is -2.70. The van der Waals surface area contributed by atoms with Gasteiger partial charge in [0, 0.05) is 23.3 Å². The van der Waals surface area contributed by atoms with Gasteiger partial charge in [-0.25, -0.2) is 4.79 Å². The second-order valence-corrected chi connectivity index (χ2v) is 14.9. The Kier molecular flexibility index (Phi) is 7.28. The monoisotopic (exact) mass is 558 g/mol. The predicted molar refractivity (Wildman–Crippen MR) is 150 cm³/mol. The zero-order chi connectivity index (χ0) is 29.4. The van der Waals surface area contributed by atoms with Crippen molar-refractivity contribution in [3.8, 4) is 0 Å². The van der Waals surface area contributed by atoms with Crippen LogP contribution in [0.25, 0.3) is 0 Å². The molecule has 11 atom stereocenters. The lowest BCUT2D eigenvalue weighted by molar-refractivity contribution is -0.237. The second-order valence-electron chi connectivity index (χ2n) is 14.9. The van der Waals surface area contributed by atoms with Crippen molar-refractivity contribution in [2.24, 2.45) is 39.4 Å². The molecule has 7 nitrogen and oxygen atoms in total. The molecule has 0 aromatic carbocycles. The number of rotatable bonds is 5. The van der Waals surface area contributed by atoms with Gasteiger partial charge in [0.25, 0.3) is 0 Å². The molecule has 1 N–H and O–H groups in total. The molecule has 40 heavy (non-hydrogen) atoms. The van der Waals surface area contributed by atoms with E-state index in [1.807, 2.05) is 6.92 Å². The Labute approximate surface area is 239 Å². The molecule has 0 amide bonds. The number of fused-ring (bicyclic) bond motifs is 6. The average Bonchev–Trinajstić information content (AvgIpc) is 3.13. The normalized spacial score (nSPS) is 45.7. The molecule has 4 aliphatic carbocycles. The van der Waals surface area contributed by atoms with Crippen LogP contribution in [0.15, 0.2) is 11.1 Å². The van der Waals surface area contributed by atoms with Gasteiger partial charge in [-0.2, -0.15) is 0 Å². The summed E-state index contributed by atoms with van der Waals surface area (Å²) in [6.45, 7) is 16.4. The zero-order valence-corrected chi connectivity index (χ0v) is 25.8. The minimum Gasteiger partial charge on any atom is -0.462 e. The lowest BCUT2D eigenvalue weighted by Crippen LogP contribution is -2.67. The minimum absolute atomic E-state index is 0.0250. The van der Waals surface area contributed by atoms with Gasteiger partial charge >= 0.3 is 17.9 Å². The van der Waals surface area contributed by atoms with Crippen LogP contribution < -0.4 is 0 Å². The van der Waals surface area contributed by atoms with E-state index in [0.717, 1.165) is 56.1 Å². The Morgan fingerprint density at radius 1 is 1.02 bits per heavy atom. The zero-order valence-electron chi connectivity index (χ0n) is 25.8. The number of cyclic esters (lactones) is 1. The van der Waals surface area contributed by atoms with Crippen LogP contribution in [0.2, 0.25) is 0 Å². The Morgan fingerprint density at radius 3 is 2.35 bits per heavy atom. The predicted octanol–water partition coefficient (Wildman–Crippen LogP) is 5.91. The Bertz CT molecular complexity index is 1110. The van der Waals surface area contributed by atoms with Crippen molar-refractivity contribution in [2.75, 3.05) is 0 Å². The van der Waals surface area contributed by atoms with E-state index in [1.54, 1.807) is 6.92 Å². The summed E-state index contributed by atoms with van der Waals surface area (Å²) >= 11 is 0. The molecule has 0 aromatic heterocycles. The van der Waals surface area contributed by atoms with E-state index in [-0.39, 0.29) is 58.6 Å². The Morgan fingerprint density at radius 2 is 1.70 bits per heavy atom. The summed E-state index contributed by atoms with van der Waals surface area (Å²) in [4.78, 5) is 38.5. The van der Waals surface area contributed by atoms with Crippen molar-refractivity contribution in [3.63, 3.8) is 0 Å². The molecule has 3 fully saturated rings. The third-order valence-corrected chi connectivity index (χ3v) is 12.8. The molecule has 3 saturated carbocycles. The molecule has 0 bridgehead atoms. The van der Waals surface area contributed by atoms with Crippen LogP contribution in [0.4, 0.5) is 0 Å². The largest absolute Gasteiger partial charge is 0.462 e. The van der Waals surface area contributed by atoms with E-state index >= 15 is 0 Å². The fraction of sp³-hybridized carbons (Fsp3) is 0.848. The van der Waals surface area contributed by atoms with Gasteiger partial charge in [-0.15, -0.1) is 0 Å². The van der Waals surface area contributed by atoms with Crippen LogP contribution in [0, 0.1) is 39.4 Å². The van der Waals surface area contributed by atoms with Crippen molar-refractivity contribution in [1.29, 1.82) is 0 Å². The van der Waals surface area contributed by atoms with E-state index < -0.39 is 23.6 Å². The van der Waals surface area contributed by atoms with E-state index in [2.05, 4.69) is 34.6 Å². The first kappa shape index (κ1) is 29.6. The number of hydrogen-bond donors (Lipinski definition) is 1. The first-order chi connectivity index (χ1) is 18.6. The number of carbonyl (C=O) groups is 3. The highest BCUT2D eigenvalue weighted by Crippen LogP contribution is 2.74. The maximum absolute atomic E-state index is 13.4. The van der Waals surface area contributed by atoms with Crippen LogP contribution in [0.1, 0.15) is 113 Å². The quantitative estimate of drug-likeness (QED) is 0.331. The third-order valence-electron chi connectivity index (χ3n) is 12.8. The number of esters is 3. The molecule has 1 aliphatic heterocycles. The van der Waals surface area contributed by atoms with E-state index in [9.17, 15) is 19.5 Å². The highest BCUT2D eigenvalue weighted by molar-refractivity contribution is 5.94. The first-order valence-corrected chi connectivity index (χ1v) is 15.6. The van der Waals surface area contributed by atoms with Gasteiger partial charge in [-0.3, -0.25) is 9.59 Å². The van der Waals surface area contributed by atoms with Crippen molar-refractivity contribution >= 4 is 17.9 Å². The molecule has 0 saturated heterocycles. The molecule has 7 heteroatoms. The van der Waals surface area contributed by atoms with E-state index in [0.29, 0.717) is 12.3 Å². The summed E-state index contributed by atoms with van der Waals surface area (Å²) in [5, 5.41) is 9.95. The molecular weight excluding hydrogens is 508 g/mol. The molecule has 1 heterocycles. The van der Waals surface area contributed by atoms with Crippen molar-refractivity contribution in [3.05, 3.63) is 11.1 Å². The first-order valence-electron chi connectivity index (χ1n) is 15.6. The molecule has 0 aromatic rings. The summed E-state index contributed by atoms with van der Waals surface area (Å²) in [5.74, 6) is -0.0870. The van der Waals surface area contributed by atoms with Crippen LogP contribution in [-0.2, 0) is 28.6 Å². The van der Waals surface area contributed by atoms with E-state index in [4.69, 9.17) is 14.2 Å². The second kappa shape index (κ2) is 9.84. The summed E-state index contributed by atoms with van der Waals surface area (Å²) < 4.78 is 17.9. The number of aliphatic hydroxyl groups excluding tert-OH is 1. The van der Waals surface area contributed by atoms with Gasteiger partial charge in [0.1, 0.15) is 18.3 Å². The molecule has 0 spiro atoms. The van der Waals surface area contributed by atoms with Gasteiger partial charge in [-0.1, -0.05) is 34.1 Å². The standard InChI is InChI=1S/C33H50O7/c1-18(34)16-27(36)40-26-17-25-31(6)14-9-13-30(5,20(3)39-21(4)35)23(31)12-15-32(25,7)24-11-10-22-19(2)38-29(37)28(22)33(24,26)8/h18-20,23-26,34H,9-17H2,1-8H3. The SMILES string of the molecule is CC(=O)OC(C)C1(C)CCCC2(C)C1CCC1(C)C2CC(OC(=O)CC(C)O)C2(C)C3=C(CCC12)C(C)OC3=O. The number of ether oxygens (including phenoxy) is 3. The van der Waals surface area contributed by atoms with Crippen LogP contribution >= 0.6 is 0 Å². The fourth-order valence-corrected chi connectivity index (χ4v) is 11.0. The molecule has 5 aliphatic rings. The number of carbonyl (C=O) groups excluding carboxylic acids is 3. The molecule has 224 valence electrons. The van der Waals surface area contributed by atoms with Crippen molar-refractivity contribution < 1.29 is 33.7 Å². The maximum atomic E-state index is 13.4. The van der Waals surface area contributed by atoms with Gasteiger partial charge < -0.3 is 19.3 Å². The topological polar surface area (TPSA) is 99.1 Å². The Balaban J connectivity index is 1.59. The van der Waals surface area contributed by atoms with Gasteiger partial charge in [0.05, 0.1) is 12.5 Å². The highest BCUT2D eigenvalue weighted by atomic mass is 16.6. The third kappa shape index (κ3) is 4.19. The fourth-order valence-electron chi connectivity index (χ4n) is 11.0. The maximum Gasteiger partial charge on any atom is 0.335 e. The van der Waals surface area contributed by atoms with E-state index in [1.165, 1.54) is 6.92 Å². The van der Waals surface area contributed by atoms with Crippen molar-refractivity contribution in [2.45, 2.75) is 138 Å². The lowest BCUT2D eigenvalue weighted by atomic mass is 9.34. The summed E-state index contributed by atoms with van der Waals surface area (Å²) in [7, 11) is 0. The van der Waals surface area contributed by atoms with Crippen LogP contribution in [-0.4, -0.2) is 47.4 Å². The van der Waals surface area contributed by atoms with Crippen molar-refractivity contribution in [1.82, 2.24) is 0 Å². The summed E-state index contributed by atoms with van der Waals surface area (Å²) in [5.41, 5.74) is 0.981. The molecule has 0 radical (unpaired) electrons. The number of aliphatic hydroxyl groups is 1. The van der Waals surface area contributed by atoms with Gasteiger partial charge in [-0.05, 0) is 99.9 Å². The van der Waals surface area contributed by atoms with Gasteiger partial charge in [0.15, 0.2) is 0 Å². The summed E-state index contributed by atoms with van der Waals surface area (Å²) in [6.07, 6.45) is 5.97. The van der Waals surface area contributed by atoms with Crippen LogP contribution in [0.3, 0.4) is 0 Å². The molecule has 5 rings (SSSR count). The molecule has 11 unspecified atom stereocenters. The smallest absolute Gasteiger partial charge is 0.335 e.